The van der Waals surface area contributed by atoms with Crippen LogP contribution in [-0.4, -0.2) is 28.1 Å². The molecular weight excluding hydrogens is 530 g/mol. The number of aromatic nitrogens is 2. The molecule has 11 heteroatoms. The highest BCUT2D eigenvalue weighted by atomic mass is 19.4. The highest BCUT2D eigenvalue weighted by Crippen LogP contribution is 2.41. The van der Waals surface area contributed by atoms with Crippen LogP contribution in [0.5, 0.6) is 11.6 Å². The fraction of sp³-hybridized carbons (Fsp3) is 0.379. The number of benzene rings is 1. The highest BCUT2D eigenvalue weighted by Gasteiger charge is 2.40. The van der Waals surface area contributed by atoms with Crippen LogP contribution in [-0.2, 0) is 22.1 Å². The van der Waals surface area contributed by atoms with E-state index in [2.05, 4.69) is 16.9 Å². The summed E-state index contributed by atoms with van der Waals surface area (Å²) in [4.78, 5) is 35.1. The third kappa shape index (κ3) is 5.64. The second kappa shape index (κ2) is 10.9. The molecule has 1 aromatic carbocycles. The minimum absolute atomic E-state index is 0.00644. The number of nitrogens with zero attached hydrogens (tertiary/aromatic N) is 3. The summed E-state index contributed by atoms with van der Waals surface area (Å²) in [7, 11) is 0. The number of cyclic esters (lactones) is 1. The molecule has 0 saturated heterocycles. The zero-order chi connectivity index (χ0) is 28.6. The van der Waals surface area contributed by atoms with Crippen molar-refractivity contribution in [3.8, 4) is 11.6 Å². The van der Waals surface area contributed by atoms with E-state index in [1.807, 2.05) is 0 Å². The fourth-order valence-electron chi connectivity index (χ4n) is 5.17. The molecule has 0 spiro atoms. The molecule has 40 heavy (non-hydrogen) atoms. The van der Waals surface area contributed by atoms with Gasteiger partial charge in [-0.15, -0.1) is 0 Å². The van der Waals surface area contributed by atoms with Gasteiger partial charge in [0.1, 0.15) is 5.56 Å². The van der Waals surface area contributed by atoms with Crippen molar-refractivity contribution in [3.63, 3.8) is 0 Å². The van der Waals surface area contributed by atoms with Crippen LogP contribution in [0.25, 0.3) is 0 Å². The minimum Gasteiger partial charge on any atom is -0.438 e. The molecule has 3 heterocycles. The Kier molecular flexibility index (Phi) is 7.48. The van der Waals surface area contributed by atoms with E-state index in [9.17, 15) is 22.8 Å². The predicted molar refractivity (Wildman–Crippen MR) is 136 cm³/mol. The number of hydrogen-bond donors (Lipinski definition) is 0. The maximum absolute atomic E-state index is 15.3. The van der Waals surface area contributed by atoms with Crippen molar-refractivity contribution in [2.75, 3.05) is 4.90 Å². The van der Waals surface area contributed by atoms with Gasteiger partial charge in [-0.05, 0) is 61.8 Å². The van der Waals surface area contributed by atoms with Crippen LogP contribution < -0.4 is 9.64 Å². The second-order valence-electron chi connectivity index (χ2n) is 10.3. The topological polar surface area (TPSA) is 81.6 Å². The van der Waals surface area contributed by atoms with Crippen molar-refractivity contribution in [2.24, 2.45) is 11.8 Å². The van der Waals surface area contributed by atoms with Gasteiger partial charge in [0, 0.05) is 43.1 Å². The number of halogens is 4. The van der Waals surface area contributed by atoms with E-state index in [0.29, 0.717) is 24.3 Å². The van der Waals surface area contributed by atoms with Crippen LogP contribution >= 0.6 is 0 Å². The number of amides is 1. The van der Waals surface area contributed by atoms with Gasteiger partial charge in [0.15, 0.2) is 17.8 Å². The number of hydrogen-bond acceptors (Lipinski definition) is 6. The molecule has 1 atom stereocenters. The van der Waals surface area contributed by atoms with E-state index in [4.69, 9.17) is 9.47 Å². The SMILES string of the molecule is CC1CCC(C(=O)N2c3cc(F)c(Oc4ncc(Cc5cccnc5)cc4C(F)(F)F)cc3C(=O)OC2C)CC1. The lowest BCUT2D eigenvalue weighted by Crippen LogP contribution is -2.48. The lowest BCUT2D eigenvalue weighted by molar-refractivity contribution is -0.139. The molecule has 1 amide bonds. The fourth-order valence-corrected chi connectivity index (χ4v) is 5.17. The molecular formula is C29H27F4N3O4. The monoisotopic (exact) mass is 557 g/mol. The molecule has 3 aromatic rings. The average Bonchev–Trinajstić information content (AvgIpc) is 2.90. The van der Waals surface area contributed by atoms with Crippen LogP contribution in [0.4, 0.5) is 23.2 Å². The number of carbonyl (C=O) groups is 2. The molecule has 1 fully saturated rings. The second-order valence-corrected chi connectivity index (χ2v) is 10.3. The highest BCUT2D eigenvalue weighted by molar-refractivity contribution is 6.06. The summed E-state index contributed by atoms with van der Waals surface area (Å²) in [5, 5.41) is 0. The van der Waals surface area contributed by atoms with E-state index in [1.165, 1.54) is 24.2 Å². The summed E-state index contributed by atoms with van der Waals surface area (Å²) in [6.07, 6.45) is 1.69. The molecule has 1 aliphatic heterocycles. The molecule has 2 aromatic heterocycles. The van der Waals surface area contributed by atoms with Crippen LogP contribution in [0.2, 0.25) is 0 Å². The van der Waals surface area contributed by atoms with Gasteiger partial charge in [-0.25, -0.2) is 14.2 Å². The molecule has 5 rings (SSSR count). The average molecular weight is 558 g/mol. The molecule has 0 radical (unpaired) electrons. The molecule has 1 saturated carbocycles. The van der Waals surface area contributed by atoms with Crippen molar-refractivity contribution in [2.45, 2.75) is 58.4 Å². The molecule has 1 unspecified atom stereocenters. The summed E-state index contributed by atoms with van der Waals surface area (Å²) in [5.41, 5.74) is -0.462. The smallest absolute Gasteiger partial charge is 0.421 e. The van der Waals surface area contributed by atoms with Crippen molar-refractivity contribution in [1.82, 2.24) is 9.97 Å². The van der Waals surface area contributed by atoms with Crippen molar-refractivity contribution in [3.05, 3.63) is 77.0 Å². The van der Waals surface area contributed by atoms with Gasteiger partial charge in [0.05, 0.1) is 11.3 Å². The van der Waals surface area contributed by atoms with E-state index in [-0.39, 0.29) is 35.1 Å². The molecule has 2 aliphatic rings. The summed E-state index contributed by atoms with van der Waals surface area (Å²) >= 11 is 0. The van der Waals surface area contributed by atoms with Gasteiger partial charge < -0.3 is 9.47 Å². The number of rotatable bonds is 5. The van der Waals surface area contributed by atoms with Gasteiger partial charge in [-0.1, -0.05) is 13.0 Å². The Hall–Kier alpha value is -4.02. The van der Waals surface area contributed by atoms with Gasteiger partial charge in [-0.3, -0.25) is 14.7 Å². The third-order valence-electron chi connectivity index (χ3n) is 7.32. The molecule has 210 valence electrons. The normalized spacial score (nSPS) is 21.0. The number of anilines is 1. The van der Waals surface area contributed by atoms with Crippen LogP contribution in [0.15, 0.2) is 48.9 Å². The first-order chi connectivity index (χ1) is 19.0. The predicted octanol–water partition coefficient (Wildman–Crippen LogP) is 6.69. The van der Waals surface area contributed by atoms with E-state index < -0.39 is 41.4 Å². The Bertz CT molecular complexity index is 1420. The molecule has 7 nitrogen and oxygen atoms in total. The number of alkyl halides is 3. The van der Waals surface area contributed by atoms with E-state index in [0.717, 1.165) is 31.0 Å². The Morgan fingerprint density at radius 3 is 2.52 bits per heavy atom. The molecule has 0 N–H and O–H groups in total. The Balaban J connectivity index is 1.46. The Labute approximate surface area is 228 Å². The quantitative estimate of drug-likeness (QED) is 0.257. The van der Waals surface area contributed by atoms with E-state index in [1.54, 1.807) is 18.3 Å². The number of esters is 1. The summed E-state index contributed by atoms with van der Waals surface area (Å²) in [5.74, 6) is -3.50. The van der Waals surface area contributed by atoms with Crippen LogP contribution in [0.3, 0.4) is 0 Å². The van der Waals surface area contributed by atoms with Crippen molar-refractivity contribution < 1.29 is 36.6 Å². The first-order valence-electron chi connectivity index (χ1n) is 13.0. The number of ether oxygens (including phenoxy) is 2. The largest absolute Gasteiger partial charge is 0.438 e. The lowest BCUT2D eigenvalue weighted by Gasteiger charge is -2.37. The summed E-state index contributed by atoms with van der Waals surface area (Å²) in [6.45, 7) is 3.63. The van der Waals surface area contributed by atoms with Crippen LogP contribution in [0.1, 0.15) is 66.6 Å². The van der Waals surface area contributed by atoms with Crippen molar-refractivity contribution in [1.29, 1.82) is 0 Å². The summed E-state index contributed by atoms with van der Waals surface area (Å²) in [6, 6.07) is 6.14. The van der Waals surface area contributed by atoms with Gasteiger partial charge in [-0.2, -0.15) is 13.2 Å². The third-order valence-corrected chi connectivity index (χ3v) is 7.32. The first kappa shape index (κ1) is 27.5. The van der Waals surface area contributed by atoms with Crippen molar-refractivity contribution >= 4 is 17.6 Å². The summed E-state index contributed by atoms with van der Waals surface area (Å²) < 4.78 is 67.8. The van der Waals surface area contributed by atoms with Crippen LogP contribution in [0, 0.1) is 17.7 Å². The molecule has 0 bridgehead atoms. The minimum atomic E-state index is -4.85. The maximum atomic E-state index is 15.3. The zero-order valence-electron chi connectivity index (χ0n) is 21.9. The van der Waals surface area contributed by atoms with Gasteiger partial charge >= 0.3 is 12.1 Å². The first-order valence-corrected chi connectivity index (χ1v) is 13.0. The lowest BCUT2D eigenvalue weighted by atomic mass is 9.82. The van der Waals surface area contributed by atoms with Gasteiger partial charge in [0.25, 0.3) is 0 Å². The number of pyridine rings is 2. The standard InChI is InChI=1S/C29H27F4N3O4/c1-16-5-7-20(8-6-16)27(37)36-17(2)39-28(38)21-12-25(23(30)13-24(21)36)40-26-22(29(31,32)33)11-19(15-35-26)10-18-4-3-9-34-14-18/h3-4,9,11-17,20H,5-8,10H2,1-2H3. The number of carbonyl (C=O) groups excluding carboxylic acids is 2. The van der Waals surface area contributed by atoms with Gasteiger partial charge in [0.2, 0.25) is 11.8 Å². The Morgan fingerprint density at radius 1 is 1.10 bits per heavy atom. The molecule has 1 aliphatic carbocycles. The zero-order valence-corrected chi connectivity index (χ0v) is 21.9. The Morgan fingerprint density at radius 2 is 1.85 bits per heavy atom. The van der Waals surface area contributed by atoms with E-state index >= 15 is 4.39 Å². The maximum Gasteiger partial charge on any atom is 0.421 e. The number of fused-ring (bicyclic) bond motifs is 1.